The zero-order valence-electron chi connectivity index (χ0n) is 16.6. The predicted molar refractivity (Wildman–Crippen MR) is 108 cm³/mol. The largest absolute Gasteiger partial charge is 0.481 e. The Bertz CT molecular complexity index is 975. The van der Waals surface area contributed by atoms with E-state index in [4.69, 9.17) is 5.11 Å². The fraction of sp³-hybridized carbons (Fsp3) is 0.333. The maximum atomic E-state index is 12.3. The van der Waals surface area contributed by atoms with Crippen LogP contribution < -0.4 is 5.32 Å². The van der Waals surface area contributed by atoms with E-state index in [-0.39, 0.29) is 12.3 Å². The molecule has 0 spiro atoms. The second-order valence-corrected chi connectivity index (χ2v) is 6.88. The van der Waals surface area contributed by atoms with Gasteiger partial charge in [-0.1, -0.05) is 0 Å². The lowest BCUT2D eigenvalue weighted by Gasteiger charge is -2.08. The lowest BCUT2D eigenvalue weighted by atomic mass is 10.1. The van der Waals surface area contributed by atoms with Gasteiger partial charge in [0.25, 0.3) is 5.91 Å². The zero-order valence-corrected chi connectivity index (χ0v) is 16.6. The minimum atomic E-state index is -0.823. The second kappa shape index (κ2) is 9.18. The van der Waals surface area contributed by atoms with Gasteiger partial charge in [-0.2, -0.15) is 10.2 Å². The van der Waals surface area contributed by atoms with Crippen LogP contribution in [-0.2, 0) is 17.8 Å². The van der Waals surface area contributed by atoms with Crippen molar-refractivity contribution in [2.45, 2.75) is 39.7 Å². The Kier molecular flexibility index (Phi) is 6.43. The molecule has 0 fully saturated rings. The fourth-order valence-corrected chi connectivity index (χ4v) is 3.25. The van der Waals surface area contributed by atoms with E-state index in [1.807, 2.05) is 42.9 Å². The Morgan fingerprint density at radius 3 is 2.59 bits per heavy atom. The third kappa shape index (κ3) is 5.10. The molecular formula is C21H25N5O3. The maximum Gasteiger partial charge on any atom is 0.303 e. The zero-order chi connectivity index (χ0) is 20.8. The van der Waals surface area contributed by atoms with Crippen LogP contribution >= 0.6 is 0 Å². The first kappa shape index (κ1) is 20.3. The van der Waals surface area contributed by atoms with Crippen LogP contribution in [0.25, 0.3) is 5.69 Å². The minimum Gasteiger partial charge on any atom is -0.481 e. The number of benzene rings is 1. The van der Waals surface area contributed by atoms with Crippen LogP contribution in [0.1, 0.15) is 40.2 Å². The van der Waals surface area contributed by atoms with Crippen molar-refractivity contribution >= 4 is 11.9 Å². The molecule has 152 valence electrons. The van der Waals surface area contributed by atoms with Gasteiger partial charge in [0.05, 0.1) is 11.4 Å². The number of carbonyl (C=O) groups is 2. The molecule has 8 nitrogen and oxygen atoms in total. The molecule has 0 unspecified atom stereocenters. The first-order valence-electron chi connectivity index (χ1n) is 9.58. The van der Waals surface area contributed by atoms with Crippen molar-refractivity contribution in [3.05, 3.63) is 65.2 Å². The average Bonchev–Trinajstić information content (AvgIpc) is 3.32. The lowest BCUT2D eigenvalue weighted by Crippen LogP contribution is -2.25. The number of aromatic nitrogens is 4. The molecule has 1 aromatic carbocycles. The summed E-state index contributed by atoms with van der Waals surface area (Å²) in [5.41, 5.74) is 4.11. The average molecular weight is 395 g/mol. The molecule has 29 heavy (non-hydrogen) atoms. The summed E-state index contributed by atoms with van der Waals surface area (Å²) < 4.78 is 3.62. The first-order valence-corrected chi connectivity index (χ1v) is 9.58. The molecule has 8 heteroatoms. The van der Waals surface area contributed by atoms with Crippen LogP contribution in [-0.4, -0.2) is 43.1 Å². The number of nitrogens with zero attached hydrogens (tertiary/aromatic N) is 4. The van der Waals surface area contributed by atoms with E-state index in [1.165, 1.54) is 0 Å². The van der Waals surface area contributed by atoms with E-state index < -0.39 is 5.97 Å². The Labute approximate surface area is 169 Å². The van der Waals surface area contributed by atoms with Gasteiger partial charge < -0.3 is 10.4 Å². The van der Waals surface area contributed by atoms with Gasteiger partial charge in [0, 0.05) is 43.2 Å². The van der Waals surface area contributed by atoms with Crippen molar-refractivity contribution in [1.29, 1.82) is 0 Å². The van der Waals surface area contributed by atoms with Crippen molar-refractivity contribution in [2.24, 2.45) is 0 Å². The van der Waals surface area contributed by atoms with Crippen molar-refractivity contribution < 1.29 is 14.7 Å². The number of hydrogen-bond acceptors (Lipinski definition) is 4. The van der Waals surface area contributed by atoms with Crippen molar-refractivity contribution in [3.8, 4) is 5.69 Å². The number of aryl methyl sites for hydroxylation is 2. The Balaban J connectivity index is 1.60. The number of carboxylic acids is 1. The number of rotatable bonds is 9. The number of amides is 1. The van der Waals surface area contributed by atoms with Gasteiger partial charge >= 0.3 is 5.97 Å². The monoisotopic (exact) mass is 395 g/mol. The molecule has 0 atom stereocenters. The highest BCUT2D eigenvalue weighted by Crippen LogP contribution is 2.20. The molecule has 0 saturated heterocycles. The molecule has 1 amide bonds. The maximum absolute atomic E-state index is 12.3. The van der Waals surface area contributed by atoms with Crippen LogP contribution in [0.2, 0.25) is 0 Å². The third-order valence-electron chi connectivity index (χ3n) is 4.81. The summed E-state index contributed by atoms with van der Waals surface area (Å²) in [6.07, 6.45) is 4.96. The van der Waals surface area contributed by atoms with Gasteiger partial charge in [-0.15, -0.1) is 0 Å². The Hall–Kier alpha value is -3.42. The number of aliphatic carboxylic acids is 1. The van der Waals surface area contributed by atoms with Gasteiger partial charge in [0.15, 0.2) is 0 Å². The molecule has 2 aromatic heterocycles. The van der Waals surface area contributed by atoms with E-state index >= 15 is 0 Å². The van der Waals surface area contributed by atoms with E-state index in [2.05, 4.69) is 15.5 Å². The van der Waals surface area contributed by atoms with E-state index in [1.54, 1.807) is 23.0 Å². The number of hydrogen-bond donors (Lipinski definition) is 2. The van der Waals surface area contributed by atoms with Crippen molar-refractivity contribution in [3.63, 3.8) is 0 Å². The molecule has 0 saturated carbocycles. The molecule has 2 heterocycles. The van der Waals surface area contributed by atoms with Gasteiger partial charge in [0.1, 0.15) is 0 Å². The van der Waals surface area contributed by atoms with E-state index in [9.17, 15) is 9.59 Å². The number of carbonyl (C=O) groups excluding carboxylic acids is 1. The molecule has 2 N–H and O–H groups in total. The van der Waals surface area contributed by atoms with Crippen LogP contribution in [0.4, 0.5) is 0 Å². The molecule has 0 aliphatic rings. The number of carboxylic acid groups (broad SMARTS) is 1. The van der Waals surface area contributed by atoms with Gasteiger partial charge in [0.2, 0.25) is 0 Å². The summed E-state index contributed by atoms with van der Waals surface area (Å²) in [7, 11) is 0. The highest BCUT2D eigenvalue weighted by Gasteiger charge is 2.14. The van der Waals surface area contributed by atoms with Gasteiger partial charge in [-0.25, -0.2) is 4.68 Å². The summed E-state index contributed by atoms with van der Waals surface area (Å²) in [6.45, 7) is 5.14. The summed E-state index contributed by atoms with van der Waals surface area (Å²) in [4.78, 5) is 23.2. The smallest absolute Gasteiger partial charge is 0.303 e. The van der Waals surface area contributed by atoms with Gasteiger partial charge in [-0.3, -0.25) is 14.3 Å². The summed E-state index contributed by atoms with van der Waals surface area (Å²) >= 11 is 0. The summed E-state index contributed by atoms with van der Waals surface area (Å²) in [5, 5.41) is 20.5. The first-order chi connectivity index (χ1) is 14.0. The second-order valence-electron chi connectivity index (χ2n) is 6.88. The summed E-state index contributed by atoms with van der Waals surface area (Å²) in [6, 6.07) is 9.10. The predicted octanol–water partition coefficient (Wildman–Crippen LogP) is 2.52. The van der Waals surface area contributed by atoms with E-state index in [0.29, 0.717) is 18.5 Å². The highest BCUT2D eigenvalue weighted by atomic mass is 16.4. The molecule has 0 radical (unpaired) electrons. The molecule has 0 aliphatic carbocycles. The standard InChI is InChI=1S/C21H25N5O3/c1-15-19(9-10-20(27)28)16(2)26(24-15)18-7-5-17(6-8-18)21(29)22-11-3-13-25-14-4-12-23-25/h4-8,12,14H,3,9-11,13H2,1-2H3,(H,22,29)(H,27,28). The Morgan fingerprint density at radius 2 is 1.93 bits per heavy atom. The number of nitrogens with one attached hydrogen (secondary N) is 1. The molecule has 3 rings (SSSR count). The normalized spacial score (nSPS) is 10.8. The van der Waals surface area contributed by atoms with Gasteiger partial charge in [-0.05, 0) is 62.6 Å². The van der Waals surface area contributed by atoms with Crippen LogP contribution in [0, 0.1) is 13.8 Å². The summed E-state index contributed by atoms with van der Waals surface area (Å²) in [5.74, 6) is -0.941. The highest BCUT2D eigenvalue weighted by molar-refractivity contribution is 5.94. The molecule has 0 bridgehead atoms. The minimum absolute atomic E-state index is 0.0763. The molecular weight excluding hydrogens is 370 g/mol. The quantitative estimate of drug-likeness (QED) is 0.542. The SMILES string of the molecule is Cc1nn(-c2ccc(C(=O)NCCCn3cccn3)cc2)c(C)c1CCC(=O)O. The van der Waals surface area contributed by atoms with Crippen molar-refractivity contribution in [1.82, 2.24) is 24.9 Å². The lowest BCUT2D eigenvalue weighted by molar-refractivity contribution is -0.136. The molecule has 3 aromatic rings. The van der Waals surface area contributed by atoms with Crippen molar-refractivity contribution in [2.75, 3.05) is 6.54 Å². The third-order valence-corrected chi connectivity index (χ3v) is 4.81. The topological polar surface area (TPSA) is 102 Å². The van der Waals surface area contributed by atoms with Crippen LogP contribution in [0.3, 0.4) is 0 Å². The fourth-order valence-electron chi connectivity index (χ4n) is 3.25. The molecule has 0 aliphatic heterocycles. The van der Waals surface area contributed by atoms with E-state index in [0.717, 1.165) is 35.6 Å². The Morgan fingerprint density at radius 1 is 1.17 bits per heavy atom. The van der Waals surface area contributed by atoms with Crippen LogP contribution in [0.5, 0.6) is 0 Å². The van der Waals surface area contributed by atoms with Crippen LogP contribution in [0.15, 0.2) is 42.7 Å².